The Hall–Kier alpha value is -1.23. The lowest BCUT2D eigenvalue weighted by Crippen LogP contribution is -2.39. The smallest absolute Gasteiger partial charge is 0.460 e. The van der Waals surface area contributed by atoms with Crippen LogP contribution in [0.3, 0.4) is 0 Å². The van der Waals surface area contributed by atoms with Gasteiger partial charge >= 0.3 is 6.30 Å². The van der Waals surface area contributed by atoms with Gasteiger partial charge in [-0.25, -0.2) is 4.90 Å². The van der Waals surface area contributed by atoms with E-state index < -0.39 is 6.30 Å². The molecule has 0 spiro atoms. The van der Waals surface area contributed by atoms with Crippen LogP contribution in [-0.2, 0) is 6.54 Å². The Bertz CT molecular complexity index is 374. The Morgan fingerprint density at radius 1 is 1.31 bits per heavy atom. The summed E-state index contributed by atoms with van der Waals surface area (Å²) in [5.41, 5.74) is 0.476. The number of hydrogen-bond acceptors (Lipinski definition) is 2. The third-order valence-corrected chi connectivity index (χ3v) is 2.58. The highest BCUT2D eigenvalue weighted by Crippen LogP contribution is 2.36. The van der Waals surface area contributed by atoms with Crippen LogP contribution in [0.5, 0.6) is 5.75 Å². The van der Waals surface area contributed by atoms with Crippen molar-refractivity contribution in [3.05, 3.63) is 29.8 Å². The van der Waals surface area contributed by atoms with E-state index in [1.54, 1.807) is 12.1 Å². The molecule has 1 N–H and O–H groups in total. The van der Waals surface area contributed by atoms with Crippen molar-refractivity contribution in [2.24, 2.45) is 0 Å². The molecule has 5 heteroatoms. The van der Waals surface area contributed by atoms with Gasteiger partial charge in [0.05, 0.1) is 0 Å². The van der Waals surface area contributed by atoms with Crippen LogP contribution in [0.2, 0.25) is 0 Å². The topological polar surface area (TPSA) is 23.5 Å². The molecule has 0 bridgehead atoms. The number of hydrogen-bond donors (Lipinski definition) is 1. The SMILES string of the molecule is Oc1cccc(CN(C2CC2)C(F)(F)F)c1. The molecule has 0 radical (unpaired) electrons. The average Bonchev–Trinajstić information content (AvgIpc) is 2.95. The molecule has 0 aliphatic heterocycles. The van der Waals surface area contributed by atoms with Gasteiger partial charge in [0.15, 0.2) is 0 Å². The summed E-state index contributed by atoms with van der Waals surface area (Å²) in [6.07, 6.45) is -3.11. The van der Waals surface area contributed by atoms with Crippen LogP contribution < -0.4 is 0 Å². The Morgan fingerprint density at radius 3 is 2.50 bits per heavy atom. The minimum absolute atomic E-state index is 0.00424. The summed E-state index contributed by atoms with van der Waals surface area (Å²) < 4.78 is 38.0. The van der Waals surface area contributed by atoms with Gasteiger partial charge in [0.25, 0.3) is 0 Å². The van der Waals surface area contributed by atoms with Crippen molar-refractivity contribution in [2.45, 2.75) is 31.7 Å². The summed E-state index contributed by atoms with van der Waals surface area (Å²) in [6, 6.07) is 5.55. The summed E-state index contributed by atoms with van der Waals surface area (Å²) in [7, 11) is 0. The van der Waals surface area contributed by atoms with E-state index in [-0.39, 0.29) is 18.3 Å². The molecule has 1 saturated carbocycles. The second-order valence-electron chi connectivity index (χ2n) is 4.00. The van der Waals surface area contributed by atoms with Crippen LogP contribution in [0, 0.1) is 0 Å². The molecule has 2 nitrogen and oxygen atoms in total. The summed E-state index contributed by atoms with van der Waals surface area (Å²) in [5, 5.41) is 9.18. The maximum atomic E-state index is 12.7. The Morgan fingerprint density at radius 2 is 2.00 bits per heavy atom. The molecule has 16 heavy (non-hydrogen) atoms. The first-order chi connectivity index (χ1) is 7.47. The zero-order chi connectivity index (χ0) is 11.8. The van der Waals surface area contributed by atoms with Gasteiger partial charge in [0.2, 0.25) is 0 Å². The lowest BCUT2D eigenvalue weighted by Gasteiger charge is -2.24. The van der Waals surface area contributed by atoms with Crippen molar-refractivity contribution < 1.29 is 18.3 Å². The monoisotopic (exact) mass is 231 g/mol. The van der Waals surface area contributed by atoms with Crippen molar-refractivity contribution in [1.29, 1.82) is 0 Å². The van der Waals surface area contributed by atoms with E-state index in [1.807, 2.05) is 0 Å². The molecule has 1 aromatic rings. The summed E-state index contributed by atoms with van der Waals surface area (Å²) in [6.45, 7) is -0.192. The lowest BCUT2D eigenvalue weighted by molar-refractivity contribution is -0.253. The van der Waals surface area contributed by atoms with E-state index in [0.717, 1.165) is 0 Å². The number of phenols is 1. The summed E-state index contributed by atoms with van der Waals surface area (Å²) in [5.74, 6) is -0.00424. The van der Waals surface area contributed by atoms with Crippen LogP contribution >= 0.6 is 0 Å². The standard InChI is InChI=1S/C11H12F3NO/c12-11(13,14)15(9-4-5-9)7-8-2-1-3-10(16)6-8/h1-3,6,9,16H,4-5,7H2. The van der Waals surface area contributed by atoms with E-state index in [1.165, 1.54) is 12.1 Å². The average molecular weight is 231 g/mol. The maximum absolute atomic E-state index is 12.7. The fourth-order valence-corrected chi connectivity index (χ4v) is 1.66. The molecule has 2 rings (SSSR count). The molecule has 1 aliphatic carbocycles. The number of nitrogens with zero attached hydrogens (tertiary/aromatic N) is 1. The molecule has 1 aromatic carbocycles. The second-order valence-corrected chi connectivity index (χ2v) is 4.00. The van der Waals surface area contributed by atoms with E-state index >= 15 is 0 Å². The van der Waals surface area contributed by atoms with Crippen molar-refractivity contribution in [1.82, 2.24) is 4.90 Å². The minimum Gasteiger partial charge on any atom is -0.508 e. The van der Waals surface area contributed by atoms with Crippen LogP contribution in [0.4, 0.5) is 13.2 Å². The second kappa shape index (κ2) is 3.97. The van der Waals surface area contributed by atoms with Gasteiger partial charge < -0.3 is 5.11 Å². The number of benzene rings is 1. The van der Waals surface area contributed by atoms with E-state index in [4.69, 9.17) is 0 Å². The van der Waals surface area contributed by atoms with Gasteiger partial charge in [0, 0.05) is 12.6 Å². The minimum atomic E-state index is -4.30. The van der Waals surface area contributed by atoms with Gasteiger partial charge in [-0.3, -0.25) is 0 Å². The van der Waals surface area contributed by atoms with Crippen LogP contribution in [0.25, 0.3) is 0 Å². The van der Waals surface area contributed by atoms with Crippen LogP contribution in [0.1, 0.15) is 18.4 Å². The molecule has 1 aliphatic rings. The summed E-state index contributed by atoms with van der Waals surface area (Å²) >= 11 is 0. The molecule has 0 atom stereocenters. The van der Waals surface area contributed by atoms with Crippen molar-refractivity contribution in [2.75, 3.05) is 0 Å². The number of rotatable bonds is 3. The third-order valence-electron chi connectivity index (χ3n) is 2.58. The van der Waals surface area contributed by atoms with E-state index in [9.17, 15) is 18.3 Å². The number of alkyl halides is 3. The molecule has 0 aromatic heterocycles. The fourth-order valence-electron chi connectivity index (χ4n) is 1.66. The molecule has 0 saturated heterocycles. The number of aromatic hydroxyl groups is 1. The maximum Gasteiger partial charge on any atom is 0.460 e. The van der Waals surface area contributed by atoms with Crippen molar-refractivity contribution in [3.63, 3.8) is 0 Å². The first kappa shape index (κ1) is 11.3. The Balaban J connectivity index is 2.11. The first-order valence-corrected chi connectivity index (χ1v) is 5.08. The molecule has 0 heterocycles. The predicted molar refractivity (Wildman–Crippen MR) is 52.7 cm³/mol. The van der Waals surface area contributed by atoms with Crippen molar-refractivity contribution in [3.8, 4) is 5.75 Å². The number of phenolic OH excluding ortho intramolecular Hbond substituents is 1. The molecular formula is C11H12F3NO. The molecular weight excluding hydrogens is 219 g/mol. The highest BCUT2D eigenvalue weighted by Gasteiger charge is 2.45. The molecule has 1 fully saturated rings. The van der Waals surface area contributed by atoms with Gasteiger partial charge in [-0.15, -0.1) is 0 Å². The zero-order valence-electron chi connectivity index (χ0n) is 8.54. The largest absolute Gasteiger partial charge is 0.508 e. The van der Waals surface area contributed by atoms with Crippen molar-refractivity contribution >= 4 is 0 Å². The highest BCUT2D eigenvalue weighted by atomic mass is 19.4. The van der Waals surface area contributed by atoms with Crippen LogP contribution in [0.15, 0.2) is 24.3 Å². The Labute approximate surface area is 91.3 Å². The highest BCUT2D eigenvalue weighted by molar-refractivity contribution is 5.27. The van der Waals surface area contributed by atoms with E-state index in [2.05, 4.69) is 0 Å². The predicted octanol–water partition coefficient (Wildman–Crippen LogP) is 2.88. The zero-order valence-corrected chi connectivity index (χ0v) is 8.54. The molecule has 88 valence electrons. The van der Waals surface area contributed by atoms with Crippen LogP contribution in [-0.4, -0.2) is 22.3 Å². The first-order valence-electron chi connectivity index (χ1n) is 5.08. The third kappa shape index (κ3) is 2.66. The molecule has 0 amide bonds. The lowest BCUT2D eigenvalue weighted by atomic mass is 10.2. The number of halogens is 3. The van der Waals surface area contributed by atoms with Gasteiger partial charge in [-0.05, 0) is 30.5 Å². The van der Waals surface area contributed by atoms with Gasteiger partial charge in [0.1, 0.15) is 5.75 Å². The van der Waals surface area contributed by atoms with E-state index in [0.29, 0.717) is 23.3 Å². The Kier molecular flexibility index (Phi) is 2.80. The fraction of sp³-hybridized carbons (Fsp3) is 0.455. The quantitative estimate of drug-likeness (QED) is 0.808. The van der Waals surface area contributed by atoms with Gasteiger partial charge in [-0.1, -0.05) is 12.1 Å². The molecule has 0 unspecified atom stereocenters. The van der Waals surface area contributed by atoms with Gasteiger partial charge in [-0.2, -0.15) is 13.2 Å². The normalized spacial score (nSPS) is 16.8. The summed E-state index contributed by atoms with van der Waals surface area (Å²) in [4.78, 5) is 0.530.